The molecule has 1 aromatic rings. The normalized spacial score (nSPS) is 12.3. The first-order chi connectivity index (χ1) is 7.93. The van der Waals surface area contributed by atoms with Crippen molar-refractivity contribution in [2.75, 3.05) is 25.6 Å². The molecule has 0 aliphatic carbocycles. The molecule has 2 N–H and O–H groups in total. The van der Waals surface area contributed by atoms with Crippen LogP contribution in [0.4, 0.5) is 0 Å². The molecule has 1 rings (SSSR count). The molecule has 5 nitrogen and oxygen atoms in total. The Morgan fingerprint density at radius 2 is 2.24 bits per heavy atom. The number of sulfonamides is 1. The molecule has 8 heteroatoms. The molecule has 98 valence electrons. The summed E-state index contributed by atoms with van der Waals surface area (Å²) in [6.45, 7) is 0.627. The van der Waals surface area contributed by atoms with Crippen molar-refractivity contribution < 1.29 is 12.8 Å². The van der Waals surface area contributed by atoms with Gasteiger partial charge in [0, 0.05) is 25.4 Å². The summed E-state index contributed by atoms with van der Waals surface area (Å²) in [5.41, 5.74) is 5.41. The van der Waals surface area contributed by atoms with E-state index in [1.807, 2.05) is 6.26 Å². The summed E-state index contributed by atoms with van der Waals surface area (Å²) in [6.07, 6.45) is 1.93. The van der Waals surface area contributed by atoms with E-state index >= 15 is 0 Å². The Morgan fingerprint density at radius 3 is 2.71 bits per heavy atom. The SMILES string of the molecule is CSCCN(C)S(=O)(=O)c1cc(CN)oc1Br. The fraction of sp³-hybridized carbons (Fsp3) is 0.556. The van der Waals surface area contributed by atoms with Gasteiger partial charge in [-0.1, -0.05) is 0 Å². The molecular weight excluding hydrogens is 328 g/mol. The van der Waals surface area contributed by atoms with Crippen molar-refractivity contribution in [3.63, 3.8) is 0 Å². The zero-order valence-electron chi connectivity index (χ0n) is 9.64. The van der Waals surface area contributed by atoms with Crippen molar-refractivity contribution in [1.29, 1.82) is 0 Å². The molecule has 0 fully saturated rings. The van der Waals surface area contributed by atoms with Crippen molar-refractivity contribution in [3.05, 3.63) is 16.5 Å². The quantitative estimate of drug-likeness (QED) is 0.847. The number of thioether (sulfide) groups is 1. The fourth-order valence-corrected chi connectivity index (χ4v) is 3.88. The molecule has 1 heterocycles. The minimum Gasteiger partial charge on any atom is -0.452 e. The monoisotopic (exact) mass is 342 g/mol. The average Bonchev–Trinajstić information content (AvgIpc) is 2.67. The van der Waals surface area contributed by atoms with E-state index in [4.69, 9.17) is 10.2 Å². The first kappa shape index (κ1) is 15.0. The van der Waals surface area contributed by atoms with E-state index in [-0.39, 0.29) is 16.1 Å². The van der Waals surface area contributed by atoms with E-state index in [1.54, 1.807) is 18.8 Å². The minimum absolute atomic E-state index is 0.126. The molecule has 0 unspecified atom stereocenters. The molecule has 0 amide bonds. The summed E-state index contributed by atoms with van der Waals surface area (Å²) < 4.78 is 31.0. The number of halogens is 1. The molecule has 0 atom stereocenters. The van der Waals surface area contributed by atoms with Gasteiger partial charge in [-0.05, 0) is 22.2 Å². The topological polar surface area (TPSA) is 76.5 Å². The summed E-state index contributed by atoms with van der Waals surface area (Å²) in [6, 6.07) is 1.45. The summed E-state index contributed by atoms with van der Waals surface area (Å²) in [5.74, 6) is 1.18. The van der Waals surface area contributed by atoms with Gasteiger partial charge in [0.25, 0.3) is 0 Å². The third kappa shape index (κ3) is 3.47. The minimum atomic E-state index is -3.51. The van der Waals surface area contributed by atoms with Crippen LogP contribution in [0.2, 0.25) is 0 Å². The van der Waals surface area contributed by atoms with Crippen LogP contribution < -0.4 is 5.73 Å². The highest BCUT2D eigenvalue weighted by Crippen LogP contribution is 2.28. The van der Waals surface area contributed by atoms with Gasteiger partial charge >= 0.3 is 0 Å². The third-order valence-corrected chi connectivity index (χ3v) is 5.51. The van der Waals surface area contributed by atoms with Crippen LogP contribution in [0.15, 0.2) is 20.0 Å². The van der Waals surface area contributed by atoms with Crippen molar-refractivity contribution >= 4 is 37.7 Å². The second kappa shape index (κ2) is 6.24. The van der Waals surface area contributed by atoms with Crippen LogP contribution in [0.1, 0.15) is 5.76 Å². The van der Waals surface area contributed by atoms with Crippen LogP contribution in [0.25, 0.3) is 0 Å². The number of nitrogens with zero attached hydrogens (tertiary/aromatic N) is 1. The Bertz CT molecular complexity index is 473. The van der Waals surface area contributed by atoms with Gasteiger partial charge in [-0.3, -0.25) is 0 Å². The zero-order chi connectivity index (χ0) is 13.1. The lowest BCUT2D eigenvalue weighted by Gasteiger charge is -2.15. The Hall–Kier alpha value is -0.0200. The summed E-state index contributed by atoms with van der Waals surface area (Å²) in [5, 5.41) is 0. The molecule has 17 heavy (non-hydrogen) atoms. The maximum atomic E-state index is 12.2. The van der Waals surface area contributed by atoms with E-state index in [2.05, 4.69) is 15.9 Å². The van der Waals surface area contributed by atoms with Gasteiger partial charge in [-0.2, -0.15) is 16.1 Å². The maximum absolute atomic E-state index is 12.2. The number of furan rings is 1. The molecule has 0 aliphatic heterocycles. The van der Waals surface area contributed by atoms with Crippen LogP contribution in [0.5, 0.6) is 0 Å². The fourth-order valence-electron chi connectivity index (χ4n) is 1.18. The van der Waals surface area contributed by atoms with E-state index in [0.29, 0.717) is 12.3 Å². The highest BCUT2D eigenvalue weighted by molar-refractivity contribution is 9.10. The second-order valence-electron chi connectivity index (χ2n) is 3.37. The Labute approximate surface area is 114 Å². The van der Waals surface area contributed by atoms with E-state index in [9.17, 15) is 8.42 Å². The van der Waals surface area contributed by atoms with Gasteiger partial charge in [0.1, 0.15) is 10.7 Å². The number of rotatable bonds is 6. The molecule has 0 aliphatic rings. The summed E-state index contributed by atoms with van der Waals surface area (Å²) in [7, 11) is -1.96. The lowest BCUT2D eigenvalue weighted by Crippen LogP contribution is -2.29. The molecule has 0 saturated carbocycles. The van der Waals surface area contributed by atoms with Crippen molar-refractivity contribution in [2.45, 2.75) is 11.4 Å². The van der Waals surface area contributed by atoms with Crippen LogP contribution in [0.3, 0.4) is 0 Å². The molecule has 0 spiro atoms. The van der Waals surface area contributed by atoms with E-state index in [1.165, 1.54) is 10.4 Å². The summed E-state index contributed by atoms with van der Waals surface area (Å²) in [4.78, 5) is 0.126. The zero-order valence-corrected chi connectivity index (χ0v) is 12.9. The average molecular weight is 343 g/mol. The standard InChI is InChI=1S/C9H15BrN2O3S2/c1-12(3-4-16-2)17(13,14)8-5-7(6-11)15-9(8)10/h5H,3-4,6,11H2,1-2H3. The second-order valence-corrected chi connectivity index (χ2v) is 7.09. The molecule has 0 radical (unpaired) electrons. The number of hydrogen-bond donors (Lipinski definition) is 1. The van der Waals surface area contributed by atoms with Crippen molar-refractivity contribution in [1.82, 2.24) is 4.31 Å². The van der Waals surface area contributed by atoms with Gasteiger partial charge in [0.05, 0.1) is 6.54 Å². The Balaban J connectivity index is 2.99. The third-order valence-electron chi connectivity index (χ3n) is 2.21. The van der Waals surface area contributed by atoms with Crippen LogP contribution >= 0.6 is 27.7 Å². The predicted molar refractivity (Wildman–Crippen MR) is 72.5 cm³/mol. The lowest BCUT2D eigenvalue weighted by molar-refractivity contribution is 0.471. The van der Waals surface area contributed by atoms with Crippen LogP contribution in [-0.2, 0) is 16.6 Å². The van der Waals surface area contributed by atoms with E-state index in [0.717, 1.165) is 5.75 Å². The number of hydrogen-bond acceptors (Lipinski definition) is 5. The highest BCUT2D eigenvalue weighted by atomic mass is 79.9. The lowest BCUT2D eigenvalue weighted by atomic mass is 10.5. The first-order valence-electron chi connectivity index (χ1n) is 4.87. The smallest absolute Gasteiger partial charge is 0.247 e. The first-order valence-corrected chi connectivity index (χ1v) is 8.49. The van der Waals surface area contributed by atoms with Crippen LogP contribution in [-0.4, -0.2) is 38.3 Å². The largest absolute Gasteiger partial charge is 0.452 e. The van der Waals surface area contributed by atoms with Crippen molar-refractivity contribution in [2.24, 2.45) is 5.73 Å². The summed E-state index contributed by atoms with van der Waals surface area (Å²) >= 11 is 4.69. The molecule has 0 bridgehead atoms. The van der Waals surface area contributed by atoms with Crippen molar-refractivity contribution in [3.8, 4) is 0 Å². The molecular formula is C9H15BrN2O3S2. The van der Waals surface area contributed by atoms with Gasteiger partial charge in [0.2, 0.25) is 10.0 Å². The predicted octanol–water partition coefficient (Wildman–Crippen LogP) is 1.48. The Morgan fingerprint density at radius 1 is 1.59 bits per heavy atom. The van der Waals surface area contributed by atoms with Gasteiger partial charge < -0.3 is 10.2 Å². The van der Waals surface area contributed by atoms with Gasteiger partial charge in [0.15, 0.2) is 4.67 Å². The Kier molecular flexibility index (Phi) is 5.52. The molecule has 1 aromatic heterocycles. The number of nitrogens with two attached hydrogens (primary N) is 1. The maximum Gasteiger partial charge on any atom is 0.247 e. The highest BCUT2D eigenvalue weighted by Gasteiger charge is 2.26. The van der Waals surface area contributed by atoms with Gasteiger partial charge in [-0.15, -0.1) is 0 Å². The molecule has 0 aromatic carbocycles. The van der Waals surface area contributed by atoms with Gasteiger partial charge in [-0.25, -0.2) is 8.42 Å². The van der Waals surface area contributed by atoms with E-state index < -0.39 is 10.0 Å². The van der Waals surface area contributed by atoms with Crippen LogP contribution in [0, 0.1) is 0 Å². The molecule has 0 saturated heterocycles.